The first-order chi connectivity index (χ1) is 4.15. The molecular weight excluding hydrogens is 235 g/mol. The van der Waals surface area contributed by atoms with Gasteiger partial charge in [0.1, 0.15) is 0 Å². The standard InChI is InChI=1S/C3HCl4F3/c4-1(2(5,6)7)3(8,9)10/h1H. The van der Waals surface area contributed by atoms with Crippen LogP contribution in [0, 0.1) is 0 Å². The predicted octanol–water partition coefficient (Wildman–Crippen LogP) is 3.53. The van der Waals surface area contributed by atoms with Crippen molar-refractivity contribution in [3.63, 3.8) is 0 Å². The quantitative estimate of drug-likeness (QED) is 0.564. The van der Waals surface area contributed by atoms with E-state index in [0.717, 1.165) is 0 Å². The Balaban J connectivity index is 4.23. The SMILES string of the molecule is FC(F)(F)C(Cl)C(Cl)(Cl)Cl. The Bertz CT molecular complexity index is 99.9. The molecular formula is C3HCl4F3. The Morgan fingerprint density at radius 2 is 1.30 bits per heavy atom. The Kier molecular flexibility index (Phi) is 3.43. The molecule has 0 amide bonds. The minimum absolute atomic E-state index is 2.47. The van der Waals surface area contributed by atoms with Crippen LogP contribution < -0.4 is 0 Å². The molecule has 0 rings (SSSR count). The first-order valence-electron chi connectivity index (χ1n) is 1.93. The maximum Gasteiger partial charge on any atom is 0.409 e. The molecule has 1 atom stereocenters. The van der Waals surface area contributed by atoms with Crippen LogP contribution in [-0.2, 0) is 0 Å². The van der Waals surface area contributed by atoms with Crippen molar-refractivity contribution in [1.29, 1.82) is 0 Å². The second-order valence-electron chi connectivity index (χ2n) is 1.45. The van der Waals surface area contributed by atoms with E-state index in [9.17, 15) is 13.2 Å². The summed E-state index contributed by atoms with van der Waals surface area (Å²) in [6.07, 6.45) is -4.69. The highest BCUT2D eigenvalue weighted by atomic mass is 35.6. The van der Waals surface area contributed by atoms with Gasteiger partial charge in [0.05, 0.1) is 0 Å². The molecule has 0 spiro atoms. The van der Waals surface area contributed by atoms with Crippen LogP contribution in [0.3, 0.4) is 0 Å². The Morgan fingerprint density at radius 3 is 1.30 bits per heavy atom. The molecule has 0 nitrogen and oxygen atoms in total. The lowest BCUT2D eigenvalue weighted by Crippen LogP contribution is -2.35. The fourth-order valence-electron chi connectivity index (χ4n) is 0.186. The van der Waals surface area contributed by atoms with Crippen molar-refractivity contribution < 1.29 is 13.2 Å². The zero-order chi connectivity index (χ0) is 8.58. The normalized spacial score (nSPS) is 17.1. The molecule has 0 heterocycles. The Labute approximate surface area is 75.2 Å². The van der Waals surface area contributed by atoms with Crippen LogP contribution in [-0.4, -0.2) is 15.3 Å². The number of rotatable bonds is 0. The van der Waals surface area contributed by atoms with Gasteiger partial charge in [0.15, 0.2) is 5.38 Å². The maximum absolute atomic E-state index is 11.6. The highest BCUT2D eigenvalue weighted by molar-refractivity contribution is 6.70. The number of alkyl halides is 7. The lowest BCUT2D eigenvalue weighted by Gasteiger charge is -2.20. The summed E-state index contributed by atoms with van der Waals surface area (Å²) in [6, 6.07) is 0. The summed E-state index contributed by atoms with van der Waals surface area (Å²) in [5, 5.41) is -2.47. The highest BCUT2D eigenvalue weighted by Gasteiger charge is 2.50. The van der Waals surface area contributed by atoms with Crippen LogP contribution >= 0.6 is 46.4 Å². The van der Waals surface area contributed by atoms with Crippen molar-refractivity contribution in [2.24, 2.45) is 0 Å². The molecule has 0 N–H and O–H groups in total. The van der Waals surface area contributed by atoms with Crippen molar-refractivity contribution in [2.45, 2.75) is 15.3 Å². The molecule has 0 saturated heterocycles. The molecule has 0 aliphatic rings. The van der Waals surface area contributed by atoms with Gasteiger partial charge in [-0.1, -0.05) is 34.8 Å². The van der Waals surface area contributed by atoms with E-state index in [2.05, 4.69) is 0 Å². The molecule has 0 bridgehead atoms. The maximum atomic E-state index is 11.6. The van der Waals surface area contributed by atoms with Gasteiger partial charge in [0.2, 0.25) is 3.79 Å². The first kappa shape index (κ1) is 11.0. The number of hydrogen-bond acceptors (Lipinski definition) is 0. The van der Waals surface area contributed by atoms with E-state index >= 15 is 0 Å². The first-order valence-corrected chi connectivity index (χ1v) is 3.50. The molecule has 0 aliphatic heterocycles. The van der Waals surface area contributed by atoms with Gasteiger partial charge in [-0.05, 0) is 0 Å². The van der Waals surface area contributed by atoms with Crippen LogP contribution in [0.4, 0.5) is 13.2 Å². The van der Waals surface area contributed by atoms with E-state index < -0.39 is 15.3 Å². The monoisotopic (exact) mass is 234 g/mol. The second-order valence-corrected chi connectivity index (χ2v) is 4.25. The van der Waals surface area contributed by atoms with E-state index in [-0.39, 0.29) is 0 Å². The number of halogens is 7. The van der Waals surface area contributed by atoms with Crippen molar-refractivity contribution in [2.75, 3.05) is 0 Å². The van der Waals surface area contributed by atoms with Crippen molar-refractivity contribution in [1.82, 2.24) is 0 Å². The number of hydrogen-bond donors (Lipinski definition) is 0. The lowest BCUT2D eigenvalue weighted by molar-refractivity contribution is -0.129. The third-order valence-electron chi connectivity index (χ3n) is 0.575. The largest absolute Gasteiger partial charge is 0.409 e. The molecule has 0 aliphatic carbocycles. The van der Waals surface area contributed by atoms with Gasteiger partial charge in [-0.3, -0.25) is 0 Å². The van der Waals surface area contributed by atoms with Crippen LogP contribution in [0.1, 0.15) is 0 Å². The molecule has 0 aromatic heterocycles. The topological polar surface area (TPSA) is 0 Å². The van der Waals surface area contributed by atoms with E-state index in [1.807, 2.05) is 0 Å². The van der Waals surface area contributed by atoms with Gasteiger partial charge in [0, 0.05) is 0 Å². The summed E-state index contributed by atoms with van der Waals surface area (Å²) < 4.78 is 32.2. The molecule has 10 heavy (non-hydrogen) atoms. The van der Waals surface area contributed by atoms with Gasteiger partial charge in [-0.25, -0.2) is 0 Å². The highest BCUT2D eigenvalue weighted by Crippen LogP contribution is 2.42. The zero-order valence-electron chi connectivity index (χ0n) is 4.22. The van der Waals surface area contributed by atoms with Crippen LogP contribution in [0.15, 0.2) is 0 Å². The lowest BCUT2D eigenvalue weighted by atomic mass is 10.5. The molecule has 0 fully saturated rings. The van der Waals surface area contributed by atoms with Crippen molar-refractivity contribution in [3.8, 4) is 0 Å². The van der Waals surface area contributed by atoms with Gasteiger partial charge >= 0.3 is 6.18 Å². The van der Waals surface area contributed by atoms with Crippen LogP contribution in [0.5, 0.6) is 0 Å². The summed E-state index contributed by atoms with van der Waals surface area (Å²) in [6.45, 7) is 0. The van der Waals surface area contributed by atoms with E-state index in [1.165, 1.54) is 0 Å². The summed E-state index contributed by atoms with van der Waals surface area (Å²) in [7, 11) is 0. The molecule has 0 aromatic carbocycles. The summed E-state index contributed by atoms with van der Waals surface area (Å²) in [5.41, 5.74) is 0. The molecule has 0 aromatic rings. The second kappa shape index (κ2) is 3.13. The van der Waals surface area contributed by atoms with E-state index in [1.54, 1.807) is 0 Å². The Hall–Kier alpha value is 0.950. The average Bonchev–Trinajstić information content (AvgIpc) is 1.59. The third-order valence-corrected chi connectivity index (χ3v) is 2.14. The molecule has 1 unspecified atom stereocenters. The molecule has 62 valence electrons. The fraction of sp³-hybridized carbons (Fsp3) is 1.00. The summed E-state index contributed by atoms with van der Waals surface area (Å²) >= 11 is 19.3. The third kappa shape index (κ3) is 3.37. The van der Waals surface area contributed by atoms with E-state index in [4.69, 9.17) is 46.4 Å². The van der Waals surface area contributed by atoms with Gasteiger partial charge in [-0.15, -0.1) is 11.6 Å². The minimum atomic E-state index is -4.69. The van der Waals surface area contributed by atoms with Gasteiger partial charge < -0.3 is 0 Å². The summed E-state index contributed by atoms with van der Waals surface area (Å²) in [4.78, 5) is 0. The van der Waals surface area contributed by atoms with E-state index in [0.29, 0.717) is 0 Å². The van der Waals surface area contributed by atoms with Gasteiger partial charge in [0.25, 0.3) is 0 Å². The van der Waals surface area contributed by atoms with Crippen LogP contribution in [0.2, 0.25) is 0 Å². The minimum Gasteiger partial charge on any atom is -0.169 e. The fourth-order valence-corrected chi connectivity index (χ4v) is 0.557. The predicted molar refractivity (Wildman–Crippen MR) is 36.0 cm³/mol. The summed E-state index contributed by atoms with van der Waals surface area (Å²) in [5.74, 6) is 0. The van der Waals surface area contributed by atoms with Crippen molar-refractivity contribution in [3.05, 3.63) is 0 Å². The molecule has 0 radical (unpaired) electrons. The Morgan fingerprint density at radius 1 is 1.00 bits per heavy atom. The van der Waals surface area contributed by atoms with Gasteiger partial charge in [-0.2, -0.15) is 13.2 Å². The molecule has 7 heteroatoms. The smallest absolute Gasteiger partial charge is 0.169 e. The zero-order valence-corrected chi connectivity index (χ0v) is 7.25. The average molecular weight is 236 g/mol. The molecule has 0 saturated carbocycles. The van der Waals surface area contributed by atoms with Crippen LogP contribution in [0.25, 0.3) is 0 Å². The van der Waals surface area contributed by atoms with Crippen molar-refractivity contribution >= 4 is 46.4 Å².